The number of nitrogens with zero attached hydrogens (tertiary/aromatic N) is 1. The van der Waals surface area contributed by atoms with Gasteiger partial charge < -0.3 is 15.6 Å². The van der Waals surface area contributed by atoms with Crippen molar-refractivity contribution < 1.29 is 28.2 Å². The van der Waals surface area contributed by atoms with E-state index in [0.717, 1.165) is 25.0 Å². The van der Waals surface area contributed by atoms with E-state index < -0.39 is 40.5 Å². The van der Waals surface area contributed by atoms with Crippen molar-refractivity contribution in [1.82, 2.24) is 4.90 Å². The zero-order valence-corrected chi connectivity index (χ0v) is 19.0. The number of carbonyl (C=O) groups excluding carboxylic acids is 1. The summed E-state index contributed by atoms with van der Waals surface area (Å²) < 4.78 is 33.8. The molecule has 0 saturated heterocycles. The number of hydrogen-bond donors (Lipinski definition) is 2. The Bertz CT molecular complexity index is 793. The van der Waals surface area contributed by atoms with Gasteiger partial charge in [-0.1, -0.05) is 26.7 Å². The van der Waals surface area contributed by atoms with E-state index in [1.54, 1.807) is 20.8 Å². The molecule has 2 rings (SSSR count). The SMILES string of the molecule is CC(C)C[C@@](C(=O)O)(C1CCCC1)N(Cc1cc(F)c(N)c(F)c1)C(=O)OC(C)(C)C. The van der Waals surface area contributed by atoms with E-state index in [9.17, 15) is 23.5 Å². The van der Waals surface area contributed by atoms with Crippen molar-refractivity contribution in [2.45, 2.75) is 84.4 Å². The zero-order chi connectivity index (χ0) is 23.6. The van der Waals surface area contributed by atoms with E-state index in [1.807, 2.05) is 13.8 Å². The van der Waals surface area contributed by atoms with Crippen LogP contribution in [-0.2, 0) is 16.1 Å². The average molecular weight is 441 g/mol. The molecule has 0 aromatic heterocycles. The molecule has 1 amide bonds. The minimum atomic E-state index is -1.55. The van der Waals surface area contributed by atoms with Crippen LogP contribution in [0.15, 0.2) is 12.1 Å². The van der Waals surface area contributed by atoms with Crippen LogP contribution in [0.25, 0.3) is 0 Å². The fourth-order valence-electron chi connectivity index (χ4n) is 4.50. The second-order valence-electron chi connectivity index (χ2n) is 9.85. The maximum absolute atomic E-state index is 14.1. The number of rotatable bonds is 7. The topological polar surface area (TPSA) is 92.9 Å². The second kappa shape index (κ2) is 9.40. The molecule has 8 heteroatoms. The molecule has 3 N–H and O–H groups in total. The molecular weight excluding hydrogens is 406 g/mol. The van der Waals surface area contributed by atoms with E-state index in [4.69, 9.17) is 10.5 Å². The summed E-state index contributed by atoms with van der Waals surface area (Å²) in [5, 5.41) is 10.5. The number of benzene rings is 1. The van der Waals surface area contributed by atoms with Crippen LogP contribution in [-0.4, -0.2) is 33.2 Å². The summed E-state index contributed by atoms with van der Waals surface area (Å²) in [6.45, 7) is 8.54. The summed E-state index contributed by atoms with van der Waals surface area (Å²) in [5.74, 6) is -3.37. The summed E-state index contributed by atoms with van der Waals surface area (Å²) in [6.07, 6.45) is 2.42. The molecule has 1 aromatic rings. The van der Waals surface area contributed by atoms with Crippen LogP contribution in [0.5, 0.6) is 0 Å². The molecule has 1 atom stereocenters. The first kappa shape index (κ1) is 24.9. The van der Waals surface area contributed by atoms with E-state index in [2.05, 4.69) is 0 Å². The molecular formula is C23H34F2N2O4. The Hall–Kier alpha value is -2.38. The van der Waals surface area contributed by atoms with Crippen LogP contribution < -0.4 is 5.73 Å². The molecule has 0 spiro atoms. The smallest absolute Gasteiger partial charge is 0.411 e. The molecule has 1 fully saturated rings. The number of nitrogen functional groups attached to an aromatic ring is 1. The Morgan fingerprint density at radius 1 is 1.19 bits per heavy atom. The number of carbonyl (C=O) groups is 2. The number of hydrogen-bond acceptors (Lipinski definition) is 4. The van der Waals surface area contributed by atoms with Gasteiger partial charge in [0.2, 0.25) is 0 Å². The normalized spacial score (nSPS) is 16.9. The van der Waals surface area contributed by atoms with E-state index >= 15 is 0 Å². The molecule has 1 aliphatic carbocycles. The molecule has 1 aliphatic rings. The Morgan fingerprint density at radius 3 is 2.13 bits per heavy atom. The van der Waals surface area contributed by atoms with E-state index in [-0.39, 0.29) is 30.4 Å². The van der Waals surface area contributed by atoms with Crippen LogP contribution >= 0.6 is 0 Å². The van der Waals surface area contributed by atoms with Crippen molar-refractivity contribution in [3.63, 3.8) is 0 Å². The maximum Gasteiger partial charge on any atom is 0.411 e. The van der Waals surface area contributed by atoms with Gasteiger partial charge >= 0.3 is 12.1 Å². The van der Waals surface area contributed by atoms with Gasteiger partial charge in [0.15, 0.2) is 0 Å². The van der Waals surface area contributed by atoms with Crippen LogP contribution in [0, 0.1) is 23.5 Å². The van der Waals surface area contributed by atoms with Gasteiger partial charge in [-0.15, -0.1) is 0 Å². The van der Waals surface area contributed by atoms with Crippen molar-refractivity contribution in [3.05, 3.63) is 29.3 Å². The van der Waals surface area contributed by atoms with Gasteiger partial charge in [-0.2, -0.15) is 0 Å². The highest BCUT2D eigenvalue weighted by atomic mass is 19.1. The largest absolute Gasteiger partial charge is 0.479 e. The molecule has 174 valence electrons. The lowest BCUT2D eigenvalue weighted by atomic mass is 9.75. The molecule has 0 bridgehead atoms. The van der Waals surface area contributed by atoms with Crippen molar-refractivity contribution in [2.24, 2.45) is 11.8 Å². The third-order valence-electron chi connectivity index (χ3n) is 5.70. The molecule has 0 aliphatic heterocycles. The number of halogens is 2. The first-order chi connectivity index (χ1) is 14.3. The lowest BCUT2D eigenvalue weighted by Crippen LogP contribution is -2.62. The number of amides is 1. The Kier molecular flexibility index (Phi) is 7.55. The number of anilines is 1. The lowest BCUT2D eigenvalue weighted by Gasteiger charge is -2.46. The van der Waals surface area contributed by atoms with Crippen molar-refractivity contribution >= 4 is 17.7 Å². The van der Waals surface area contributed by atoms with Crippen LogP contribution in [0.4, 0.5) is 19.3 Å². The van der Waals surface area contributed by atoms with Crippen LogP contribution in [0.2, 0.25) is 0 Å². The number of nitrogens with two attached hydrogens (primary N) is 1. The first-order valence-electron chi connectivity index (χ1n) is 10.8. The quantitative estimate of drug-likeness (QED) is 0.558. The van der Waals surface area contributed by atoms with Gasteiger partial charge in [-0.05, 0) is 69.6 Å². The molecule has 0 radical (unpaired) electrons. The van der Waals surface area contributed by atoms with Crippen LogP contribution in [0.3, 0.4) is 0 Å². The zero-order valence-electron chi connectivity index (χ0n) is 19.0. The number of aliphatic carboxylic acids is 1. The first-order valence-corrected chi connectivity index (χ1v) is 10.8. The van der Waals surface area contributed by atoms with Gasteiger partial charge in [0, 0.05) is 0 Å². The van der Waals surface area contributed by atoms with Gasteiger partial charge in [0.1, 0.15) is 28.5 Å². The van der Waals surface area contributed by atoms with Crippen molar-refractivity contribution in [3.8, 4) is 0 Å². The number of carboxylic acids is 1. The summed E-state index contributed by atoms with van der Waals surface area (Å²) in [4.78, 5) is 27.3. The maximum atomic E-state index is 14.1. The van der Waals surface area contributed by atoms with Crippen molar-refractivity contribution in [1.29, 1.82) is 0 Å². The monoisotopic (exact) mass is 440 g/mol. The highest BCUT2D eigenvalue weighted by molar-refractivity contribution is 5.85. The minimum Gasteiger partial charge on any atom is -0.479 e. The number of carboxylic acid groups (broad SMARTS) is 1. The third-order valence-corrected chi connectivity index (χ3v) is 5.70. The number of ether oxygens (including phenoxy) is 1. The molecule has 0 unspecified atom stereocenters. The fraction of sp³-hybridized carbons (Fsp3) is 0.652. The summed E-state index contributed by atoms with van der Waals surface area (Å²) in [6, 6.07) is 2.07. The molecule has 31 heavy (non-hydrogen) atoms. The third kappa shape index (κ3) is 5.66. The molecule has 1 saturated carbocycles. The van der Waals surface area contributed by atoms with Gasteiger partial charge in [-0.25, -0.2) is 18.4 Å². The minimum absolute atomic E-state index is 0.0403. The standard InChI is InChI=1S/C23H34F2N2O4/c1-14(2)12-23(20(28)29,16-8-6-7-9-16)27(21(30)31-22(3,4)5)13-15-10-17(24)19(26)18(25)11-15/h10-11,14,16H,6-9,12-13,26H2,1-5H3,(H,28,29)/t23-/m0/s1. The molecule has 0 heterocycles. The predicted molar refractivity (Wildman–Crippen MR) is 114 cm³/mol. The molecule has 1 aromatic carbocycles. The Balaban J connectivity index is 2.63. The second-order valence-corrected chi connectivity index (χ2v) is 9.85. The van der Waals surface area contributed by atoms with E-state index in [0.29, 0.717) is 12.8 Å². The van der Waals surface area contributed by atoms with Crippen molar-refractivity contribution in [2.75, 3.05) is 5.73 Å². The average Bonchev–Trinajstić information content (AvgIpc) is 3.15. The summed E-state index contributed by atoms with van der Waals surface area (Å²) >= 11 is 0. The van der Waals surface area contributed by atoms with Crippen LogP contribution in [0.1, 0.15) is 72.3 Å². The summed E-state index contributed by atoms with van der Waals surface area (Å²) in [7, 11) is 0. The van der Waals surface area contributed by atoms with Gasteiger partial charge in [-0.3, -0.25) is 4.90 Å². The predicted octanol–water partition coefficient (Wildman–Crippen LogP) is 5.34. The lowest BCUT2D eigenvalue weighted by molar-refractivity contribution is -0.158. The highest BCUT2D eigenvalue weighted by Crippen LogP contribution is 2.43. The van der Waals surface area contributed by atoms with Gasteiger partial charge in [0.25, 0.3) is 0 Å². The Labute approximate surface area is 182 Å². The van der Waals surface area contributed by atoms with Gasteiger partial charge in [0.05, 0.1) is 6.54 Å². The molecule has 6 nitrogen and oxygen atoms in total. The van der Waals surface area contributed by atoms with E-state index in [1.165, 1.54) is 4.90 Å². The Morgan fingerprint density at radius 2 is 1.71 bits per heavy atom. The summed E-state index contributed by atoms with van der Waals surface area (Å²) in [5.41, 5.74) is 2.45. The highest BCUT2D eigenvalue weighted by Gasteiger charge is 2.54. The fourth-order valence-corrected chi connectivity index (χ4v) is 4.50.